The maximum Gasteiger partial charge on any atom is 0.128 e. The van der Waals surface area contributed by atoms with Gasteiger partial charge in [0.25, 0.3) is 0 Å². The number of hydrogen-bond donors (Lipinski definition) is 1. The van der Waals surface area contributed by atoms with E-state index in [-0.39, 0.29) is 5.82 Å². The van der Waals surface area contributed by atoms with Crippen molar-refractivity contribution in [3.63, 3.8) is 0 Å². The Hall–Kier alpha value is -1.05. The zero-order valence-corrected chi connectivity index (χ0v) is 7.81. The highest BCUT2D eigenvalue weighted by Crippen LogP contribution is 2.35. The molecule has 1 aromatic rings. The maximum atomic E-state index is 13.5. The number of benzene rings is 1. The fourth-order valence-corrected chi connectivity index (χ4v) is 2.04. The molecule has 0 saturated heterocycles. The van der Waals surface area contributed by atoms with Gasteiger partial charge in [0.05, 0.1) is 0 Å². The summed E-state index contributed by atoms with van der Waals surface area (Å²) in [6.45, 7) is 3.08. The molecule has 0 fully saturated rings. The Morgan fingerprint density at radius 3 is 3.15 bits per heavy atom. The molecule has 70 valence electrons. The third-order valence-electron chi connectivity index (χ3n) is 2.76. The average Bonchev–Trinajstić information content (AvgIpc) is 2.17. The molecule has 13 heavy (non-hydrogen) atoms. The first-order valence-electron chi connectivity index (χ1n) is 4.85. The van der Waals surface area contributed by atoms with Gasteiger partial charge in [-0.1, -0.05) is 13.0 Å². The predicted octanol–water partition coefficient (Wildman–Crippen LogP) is 3.13. The smallest absolute Gasteiger partial charge is 0.128 e. The minimum Gasteiger partial charge on any atom is -0.385 e. The van der Waals surface area contributed by atoms with E-state index in [4.69, 9.17) is 0 Å². The van der Waals surface area contributed by atoms with Gasteiger partial charge in [0, 0.05) is 17.8 Å². The van der Waals surface area contributed by atoms with Crippen LogP contribution in [0.1, 0.15) is 31.2 Å². The van der Waals surface area contributed by atoms with Crippen LogP contribution in [0, 0.1) is 5.82 Å². The fourth-order valence-electron chi connectivity index (χ4n) is 2.04. The molecule has 2 heteroatoms. The Morgan fingerprint density at radius 1 is 1.54 bits per heavy atom. The lowest BCUT2D eigenvalue weighted by molar-refractivity contribution is 0.542. The van der Waals surface area contributed by atoms with Crippen LogP contribution in [0.2, 0.25) is 0 Å². The molecule has 0 aliphatic carbocycles. The summed E-state index contributed by atoms with van der Waals surface area (Å²) in [5, 5.41) is 3.23. The Kier molecular flexibility index (Phi) is 2.21. The van der Waals surface area contributed by atoms with Crippen LogP contribution in [0.4, 0.5) is 10.1 Å². The van der Waals surface area contributed by atoms with E-state index >= 15 is 0 Å². The van der Waals surface area contributed by atoms with Crippen molar-refractivity contribution < 1.29 is 4.39 Å². The van der Waals surface area contributed by atoms with E-state index in [1.807, 2.05) is 6.07 Å². The van der Waals surface area contributed by atoms with Crippen LogP contribution in [0.5, 0.6) is 0 Å². The number of halogens is 1. The molecule has 2 rings (SSSR count). The van der Waals surface area contributed by atoms with Crippen molar-refractivity contribution in [2.75, 3.05) is 11.9 Å². The summed E-state index contributed by atoms with van der Waals surface area (Å²) in [6, 6.07) is 5.27. The molecule has 0 saturated carbocycles. The standard InChI is InChI=1S/C11H14FN/c1-2-8-6-7-13-10-5-3-4-9(12)11(8)10/h3-5,8,13H,2,6-7H2,1H3. The molecule has 0 amide bonds. The third-order valence-corrected chi connectivity index (χ3v) is 2.76. The molecule has 0 spiro atoms. The molecule has 1 aliphatic heterocycles. The van der Waals surface area contributed by atoms with Crippen LogP contribution in [0.15, 0.2) is 18.2 Å². The lowest BCUT2D eigenvalue weighted by Gasteiger charge is -2.26. The summed E-state index contributed by atoms with van der Waals surface area (Å²) in [5.41, 5.74) is 1.87. The topological polar surface area (TPSA) is 12.0 Å². The number of rotatable bonds is 1. The minimum absolute atomic E-state index is 0.0587. The van der Waals surface area contributed by atoms with Gasteiger partial charge in [-0.05, 0) is 30.9 Å². The lowest BCUT2D eigenvalue weighted by atomic mass is 9.89. The second kappa shape index (κ2) is 3.36. The molecule has 0 aromatic heterocycles. The molecular weight excluding hydrogens is 165 g/mol. The van der Waals surface area contributed by atoms with E-state index in [0.717, 1.165) is 30.6 Å². The first-order chi connectivity index (χ1) is 6.33. The normalized spacial score (nSPS) is 20.6. The van der Waals surface area contributed by atoms with Gasteiger partial charge in [-0.25, -0.2) is 4.39 Å². The lowest BCUT2D eigenvalue weighted by Crippen LogP contribution is -2.17. The number of nitrogens with one attached hydrogen (secondary N) is 1. The van der Waals surface area contributed by atoms with Gasteiger partial charge < -0.3 is 5.32 Å². The van der Waals surface area contributed by atoms with Crippen LogP contribution >= 0.6 is 0 Å². The third kappa shape index (κ3) is 1.41. The van der Waals surface area contributed by atoms with E-state index in [2.05, 4.69) is 12.2 Å². The molecule has 1 heterocycles. The molecule has 0 bridgehead atoms. The van der Waals surface area contributed by atoms with Gasteiger partial charge in [-0.15, -0.1) is 0 Å². The van der Waals surface area contributed by atoms with E-state index in [1.165, 1.54) is 0 Å². The second-order valence-corrected chi connectivity index (χ2v) is 3.52. The van der Waals surface area contributed by atoms with Gasteiger partial charge in [0.15, 0.2) is 0 Å². The van der Waals surface area contributed by atoms with Crippen LogP contribution in [-0.4, -0.2) is 6.54 Å². The van der Waals surface area contributed by atoms with Gasteiger partial charge in [0.1, 0.15) is 5.82 Å². The van der Waals surface area contributed by atoms with Crippen LogP contribution in [-0.2, 0) is 0 Å². The van der Waals surface area contributed by atoms with E-state index in [1.54, 1.807) is 12.1 Å². The molecule has 1 aliphatic rings. The zero-order chi connectivity index (χ0) is 9.26. The van der Waals surface area contributed by atoms with Gasteiger partial charge in [-0.3, -0.25) is 0 Å². The first kappa shape index (κ1) is 8.54. The monoisotopic (exact) mass is 179 g/mol. The number of anilines is 1. The Labute approximate surface area is 78.0 Å². The van der Waals surface area contributed by atoms with Crippen molar-refractivity contribution >= 4 is 5.69 Å². The molecular formula is C11H14FN. The van der Waals surface area contributed by atoms with Crippen molar-refractivity contribution in [3.8, 4) is 0 Å². The number of fused-ring (bicyclic) bond motifs is 1. The first-order valence-corrected chi connectivity index (χ1v) is 4.85. The van der Waals surface area contributed by atoms with Crippen LogP contribution in [0.25, 0.3) is 0 Å². The van der Waals surface area contributed by atoms with E-state index in [0.29, 0.717) is 5.92 Å². The molecule has 1 unspecified atom stereocenters. The second-order valence-electron chi connectivity index (χ2n) is 3.52. The van der Waals surface area contributed by atoms with Crippen molar-refractivity contribution in [2.24, 2.45) is 0 Å². The maximum absolute atomic E-state index is 13.5. The summed E-state index contributed by atoms with van der Waals surface area (Å²) >= 11 is 0. The van der Waals surface area contributed by atoms with Crippen LogP contribution < -0.4 is 5.32 Å². The Bertz CT molecular complexity index is 309. The highest BCUT2D eigenvalue weighted by Gasteiger charge is 2.21. The Morgan fingerprint density at radius 2 is 2.38 bits per heavy atom. The highest BCUT2D eigenvalue weighted by atomic mass is 19.1. The SMILES string of the molecule is CCC1CCNc2cccc(F)c21. The number of hydrogen-bond acceptors (Lipinski definition) is 1. The molecule has 1 aromatic carbocycles. The van der Waals surface area contributed by atoms with Crippen LogP contribution in [0.3, 0.4) is 0 Å². The largest absolute Gasteiger partial charge is 0.385 e. The molecule has 0 radical (unpaired) electrons. The summed E-state index contributed by atoms with van der Waals surface area (Å²) in [4.78, 5) is 0. The van der Waals surface area contributed by atoms with E-state index < -0.39 is 0 Å². The fraction of sp³-hybridized carbons (Fsp3) is 0.455. The van der Waals surface area contributed by atoms with Crippen molar-refractivity contribution in [3.05, 3.63) is 29.6 Å². The summed E-state index contributed by atoms with van der Waals surface area (Å²) in [7, 11) is 0. The highest BCUT2D eigenvalue weighted by molar-refractivity contribution is 5.55. The van der Waals surface area contributed by atoms with E-state index in [9.17, 15) is 4.39 Å². The Balaban J connectivity index is 2.47. The molecule has 1 N–H and O–H groups in total. The van der Waals surface area contributed by atoms with Gasteiger partial charge >= 0.3 is 0 Å². The summed E-state index contributed by atoms with van der Waals surface area (Å²) in [5.74, 6) is 0.342. The minimum atomic E-state index is -0.0587. The van der Waals surface area contributed by atoms with Crippen molar-refractivity contribution in [1.29, 1.82) is 0 Å². The molecule has 1 atom stereocenters. The van der Waals surface area contributed by atoms with Gasteiger partial charge in [0.2, 0.25) is 0 Å². The summed E-state index contributed by atoms with van der Waals surface area (Å²) in [6.07, 6.45) is 2.07. The zero-order valence-electron chi connectivity index (χ0n) is 7.81. The summed E-state index contributed by atoms with van der Waals surface area (Å²) < 4.78 is 13.5. The predicted molar refractivity (Wildman–Crippen MR) is 52.5 cm³/mol. The quantitative estimate of drug-likeness (QED) is 0.698. The van der Waals surface area contributed by atoms with Crippen molar-refractivity contribution in [2.45, 2.75) is 25.7 Å². The van der Waals surface area contributed by atoms with Crippen molar-refractivity contribution in [1.82, 2.24) is 0 Å². The average molecular weight is 179 g/mol. The van der Waals surface area contributed by atoms with Gasteiger partial charge in [-0.2, -0.15) is 0 Å². The molecule has 1 nitrogen and oxygen atoms in total.